The summed E-state index contributed by atoms with van der Waals surface area (Å²) in [6.45, 7) is 1.06. The number of nitrogens with two attached hydrogens (primary N) is 1. The predicted molar refractivity (Wildman–Crippen MR) is 59.1 cm³/mol. The van der Waals surface area contributed by atoms with Crippen LogP contribution in [0.15, 0.2) is 24.3 Å². The molecule has 2 N–H and O–H groups in total. The van der Waals surface area contributed by atoms with E-state index in [4.69, 9.17) is 5.73 Å². The normalized spacial score (nSPS) is 27.1. The fraction of sp³-hybridized carbons (Fsp3) is 0.500. The maximum absolute atomic E-state index is 12.7. The van der Waals surface area contributed by atoms with E-state index in [1.807, 2.05) is 12.1 Å². The van der Waals surface area contributed by atoms with Crippen LogP contribution in [-0.4, -0.2) is 30.6 Å². The third kappa shape index (κ3) is 2.36. The second-order valence-corrected chi connectivity index (χ2v) is 4.33. The highest BCUT2D eigenvalue weighted by molar-refractivity contribution is 5.18. The minimum Gasteiger partial charge on any atom is -0.326 e. The molecule has 2 rings (SSSR count). The van der Waals surface area contributed by atoms with Crippen LogP contribution in [0, 0.1) is 5.82 Å². The van der Waals surface area contributed by atoms with Crippen LogP contribution in [0.2, 0.25) is 0 Å². The molecule has 1 aliphatic heterocycles. The molecule has 0 spiro atoms. The third-order valence-electron chi connectivity index (χ3n) is 3.23. The van der Waals surface area contributed by atoms with Crippen molar-refractivity contribution in [1.82, 2.24) is 4.90 Å². The fourth-order valence-electron chi connectivity index (χ4n) is 2.21. The van der Waals surface area contributed by atoms with E-state index >= 15 is 0 Å². The first-order valence-corrected chi connectivity index (χ1v) is 5.37. The van der Waals surface area contributed by atoms with Gasteiger partial charge in [-0.25, -0.2) is 4.39 Å². The summed E-state index contributed by atoms with van der Waals surface area (Å²) in [7, 11) is 2.10. The van der Waals surface area contributed by atoms with E-state index in [9.17, 15) is 4.39 Å². The quantitative estimate of drug-likeness (QED) is 0.796. The van der Waals surface area contributed by atoms with Gasteiger partial charge in [0.1, 0.15) is 5.82 Å². The summed E-state index contributed by atoms with van der Waals surface area (Å²) in [6.07, 6.45) is 1.97. The first-order valence-electron chi connectivity index (χ1n) is 5.37. The van der Waals surface area contributed by atoms with Crippen LogP contribution in [0.4, 0.5) is 4.39 Å². The second kappa shape index (κ2) is 4.29. The van der Waals surface area contributed by atoms with Gasteiger partial charge in [-0.1, -0.05) is 12.1 Å². The minimum atomic E-state index is -0.178. The van der Waals surface area contributed by atoms with Crippen LogP contribution in [0.1, 0.15) is 12.0 Å². The van der Waals surface area contributed by atoms with Crippen LogP contribution < -0.4 is 5.73 Å². The zero-order valence-electron chi connectivity index (χ0n) is 8.99. The Hall–Kier alpha value is -0.930. The van der Waals surface area contributed by atoms with Crippen molar-refractivity contribution in [2.24, 2.45) is 5.73 Å². The van der Waals surface area contributed by atoms with E-state index in [1.54, 1.807) is 0 Å². The Morgan fingerprint density at radius 1 is 1.40 bits per heavy atom. The van der Waals surface area contributed by atoms with Gasteiger partial charge in [0.2, 0.25) is 0 Å². The number of rotatable bonds is 2. The molecule has 15 heavy (non-hydrogen) atoms. The Balaban J connectivity index is 2.04. The Bertz CT molecular complexity index is 313. The van der Waals surface area contributed by atoms with Crippen molar-refractivity contribution in [3.8, 4) is 0 Å². The molecule has 0 radical (unpaired) electrons. The molecule has 1 aromatic carbocycles. The van der Waals surface area contributed by atoms with Gasteiger partial charge in [-0.3, -0.25) is 0 Å². The van der Waals surface area contributed by atoms with E-state index in [-0.39, 0.29) is 11.9 Å². The average molecular weight is 208 g/mol. The zero-order chi connectivity index (χ0) is 10.8. The summed E-state index contributed by atoms with van der Waals surface area (Å²) >= 11 is 0. The van der Waals surface area contributed by atoms with Gasteiger partial charge in [0.25, 0.3) is 0 Å². The lowest BCUT2D eigenvalue weighted by atomic mass is 10.0. The smallest absolute Gasteiger partial charge is 0.123 e. The molecule has 0 aromatic heterocycles. The van der Waals surface area contributed by atoms with Gasteiger partial charge >= 0.3 is 0 Å². The van der Waals surface area contributed by atoms with Gasteiger partial charge in [-0.05, 0) is 44.1 Å². The highest BCUT2D eigenvalue weighted by Gasteiger charge is 2.28. The molecule has 2 atom stereocenters. The molecule has 1 aliphatic rings. The average Bonchev–Trinajstić information content (AvgIpc) is 2.53. The van der Waals surface area contributed by atoms with Crippen LogP contribution >= 0.6 is 0 Å². The molecule has 0 aliphatic carbocycles. The van der Waals surface area contributed by atoms with Crippen molar-refractivity contribution < 1.29 is 4.39 Å². The molecule has 3 heteroatoms. The van der Waals surface area contributed by atoms with E-state index in [0.29, 0.717) is 6.04 Å². The predicted octanol–water partition coefficient (Wildman–Crippen LogP) is 1.40. The number of benzene rings is 1. The van der Waals surface area contributed by atoms with Crippen molar-refractivity contribution >= 4 is 0 Å². The van der Waals surface area contributed by atoms with Gasteiger partial charge in [-0.15, -0.1) is 0 Å². The Labute approximate surface area is 89.9 Å². The molecular weight excluding hydrogens is 191 g/mol. The number of nitrogens with zero attached hydrogens (tertiary/aromatic N) is 1. The first-order chi connectivity index (χ1) is 7.16. The lowest BCUT2D eigenvalue weighted by Gasteiger charge is -2.22. The number of hydrogen-bond donors (Lipinski definition) is 1. The Morgan fingerprint density at radius 3 is 2.60 bits per heavy atom. The van der Waals surface area contributed by atoms with Crippen molar-refractivity contribution in [3.05, 3.63) is 35.6 Å². The van der Waals surface area contributed by atoms with E-state index in [2.05, 4.69) is 11.9 Å². The lowest BCUT2D eigenvalue weighted by Crippen LogP contribution is -2.39. The van der Waals surface area contributed by atoms with Crippen molar-refractivity contribution in [2.45, 2.75) is 24.9 Å². The van der Waals surface area contributed by atoms with Gasteiger partial charge in [0, 0.05) is 12.1 Å². The van der Waals surface area contributed by atoms with E-state index in [1.165, 1.54) is 12.1 Å². The molecule has 0 saturated carbocycles. The van der Waals surface area contributed by atoms with Gasteiger partial charge in [-0.2, -0.15) is 0 Å². The maximum Gasteiger partial charge on any atom is 0.123 e. The molecular formula is C12H17FN2. The number of hydrogen-bond acceptors (Lipinski definition) is 2. The number of likely N-dealkylation sites (tertiary alicyclic amines) is 1. The highest BCUT2D eigenvalue weighted by atomic mass is 19.1. The minimum absolute atomic E-state index is 0.178. The van der Waals surface area contributed by atoms with Gasteiger partial charge < -0.3 is 10.6 Å². The maximum atomic E-state index is 12.7. The van der Waals surface area contributed by atoms with Crippen molar-refractivity contribution in [3.63, 3.8) is 0 Å². The Kier molecular flexibility index (Phi) is 3.03. The first kappa shape index (κ1) is 10.6. The zero-order valence-corrected chi connectivity index (χ0v) is 8.99. The molecule has 2 nitrogen and oxygen atoms in total. The highest BCUT2D eigenvalue weighted by Crippen LogP contribution is 2.18. The topological polar surface area (TPSA) is 29.3 Å². The molecule has 1 saturated heterocycles. The number of halogens is 1. The van der Waals surface area contributed by atoms with Crippen LogP contribution in [-0.2, 0) is 6.42 Å². The summed E-state index contributed by atoms with van der Waals surface area (Å²) < 4.78 is 12.7. The monoisotopic (exact) mass is 208 g/mol. The van der Waals surface area contributed by atoms with Gasteiger partial charge in [0.05, 0.1) is 0 Å². The van der Waals surface area contributed by atoms with E-state index in [0.717, 1.165) is 24.9 Å². The van der Waals surface area contributed by atoms with Crippen LogP contribution in [0.5, 0.6) is 0 Å². The number of likely N-dealkylation sites (N-methyl/N-ethyl adjacent to an activating group) is 1. The summed E-state index contributed by atoms with van der Waals surface area (Å²) in [6, 6.07) is 7.35. The standard InChI is InChI=1S/C12H17FN2/c1-15-7-6-11(14)12(15)8-9-2-4-10(13)5-3-9/h2-5,11-12H,6-8,14H2,1H3. The Morgan fingerprint density at radius 2 is 2.07 bits per heavy atom. The third-order valence-corrected chi connectivity index (χ3v) is 3.23. The van der Waals surface area contributed by atoms with Gasteiger partial charge in [0.15, 0.2) is 0 Å². The second-order valence-electron chi connectivity index (χ2n) is 4.33. The lowest BCUT2D eigenvalue weighted by molar-refractivity contribution is 0.296. The fourth-order valence-corrected chi connectivity index (χ4v) is 2.21. The summed E-state index contributed by atoms with van der Waals surface area (Å²) in [5, 5.41) is 0. The molecule has 0 bridgehead atoms. The molecule has 0 amide bonds. The molecule has 82 valence electrons. The molecule has 1 fully saturated rings. The SMILES string of the molecule is CN1CCC(N)C1Cc1ccc(F)cc1. The molecule has 1 heterocycles. The van der Waals surface area contributed by atoms with Crippen LogP contribution in [0.3, 0.4) is 0 Å². The van der Waals surface area contributed by atoms with Crippen molar-refractivity contribution in [2.75, 3.05) is 13.6 Å². The summed E-state index contributed by atoms with van der Waals surface area (Å²) in [4.78, 5) is 2.29. The summed E-state index contributed by atoms with van der Waals surface area (Å²) in [5.41, 5.74) is 7.19. The van der Waals surface area contributed by atoms with Crippen LogP contribution in [0.25, 0.3) is 0 Å². The summed E-state index contributed by atoms with van der Waals surface area (Å²) in [5.74, 6) is -0.178. The molecule has 2 unspecified atom stereocenters. The largest absolute Gasteiger partial charge is 0.326 e. The molecule has 1 aromatic rings. The van der Waals surface area contributed by atoms with Crippen molar-refractivity contribution in [1.29, 1.82) is 0 Å². The van der Waals surface area contributed by atoms with E-state index < -0.39 is 0 Å².